The molecule has 2 fully saturated rings. The molecule has 9 heteroatoms. The maximum absolute atomic E-state index is 13.5. The molecule has 174 valence electrons. The summed E-state index contributed by atoms with van der Waals surface area (Å²) in [7, 11) is -3.83. The lowest BCUT2D eigenvalue weighted by molar-refractivity contribution is -0.126. The molecule has 0 radical (unpaired) electrons. The van der Waals surface area contributed by atoms with E-state index in [4.69, 9.17) is 4.52 Å². The lowest BCUT2D eigenvalue weighted by atomic mass is 9.97. The lowest BCUT2D eigenvalue weighted by Gasteiger charge is -2.32. The van der Waals surface area contributed by atoms with Crippen molar-refractivity contribution < 1.29 is 17.7 Å². The van der Waals surface area contributed by atoms with Gasteiger partial charge in [-0.2, -0.15) is 4.31 Å². The number of nitrogens with zero attached hydrogens (tertiary/aromatic N) is 2. The van der Waals surface area contributed by atoms with Crippen LogP contribution < -0.4 is 5.32 Å². The number of hydrogen-bond acceptors (Lipinski definition) is 6. The highest BCUT2D eigenvalue weighted by molar-refractivity contribution is 7.89. The summed E-state index contributed by atoms with van der Waals surface area (Å²) in [6.07, 6.45) is 11.6. The van der Waals surface area contributed by atoms with Gasteiger partial charge in [0, 0.05) is 24.0 Å². The highest BCUT2D eigenvalue weighted by Gasteiger charge is 2.37. The molecule has 7 nitrogen and oxygen atoms in total. The number of nitrogens with one attached hydrogen (secondary N) is 1. The first-order chi connectivity index (χ1) is 15.4. The number of carbonyl (C=O) groups excluding carboxylic acids is 1. The smallest absolute Gasteiger partial charge is 0.248 e. The van der Waals surface area contributed by atoms with Gasteiger partial charge in [-0.15, -0.1) is 11.3 Å². The number of aromatic nitrogens is 1. The predicted molar refractivity (Wildman–Crippen MR) is 126 cm³/mol. The molecule has 1 saturated carbocycles. The maximum atomic E-state index is 13.5. The molecule has 1 saturated heterocycles. The summed E-state index contributed by atoms with van der Waals surface area (Å²) < 4.78 is 33.8. The minimum absolute atomic E-state index is 0.0170. The average molecular weight is 478 g/mol. The molecule has 1 atom stereocenters. The summed E-state index contributed by atoms with van der Waals surface area (Å²) in [6, 6.07) is 4.09. The van der Waals surface area contributed by atoms with Crippen LogP contribution in [-0.4, -0.2) is 42.9 Å². The van der Waals surface area contributed by atoms with Gasteiger partial charge in [0.2, 0.25) is 15.9 Å². The number of rotatable bonds is 6. The van der Waals surface area contributed by atoms with Crippen LogP contribution in [0, 0.1) is 12.8 Å². The van der Waals surface area contributed by atoms with Crippen LogP contribution in [0.3, 0.4) is 0 Å². The fourth-order valence-electron chi connectivity index (χ4n) is 4.59. The molecule has 0 aromatic carbocycles. The Hall–Kier alpha value is -1.97. The third-order valence-corrected chi connectivity index (χ3v) is 9.19. The highest BCUT2D eigenvalue weighted by atomic mass is 32.2. The molecule has 32 heavy (non-hydrogen) atoms. The molecule has 1 aliphatic heterocycles. The molecular weight excluding hydrogens is 446 g/mol. The summed E-state index contributed by atoms with van der Waals surface area (Å²) in [6.45, 7) is 2.23. The van der Waals surface area contributed by atoms with Crippen molar-refractivity contribution in [1.82, 2.24) is 14.8 Å². The number of thiophene rings is 1. The molecule has 1 amide bonds. The summed E-state index contributed by atoms with van der Waals surface area (Å²) >= 11 is 1.56. The van der Waals surface area contributed by atoms with E-state index in [9.17, 15) is 13.2 Å². The van der Waals surface area contributed by atoms with Crippen molar-refractivity contribution in [3.63, 3.8) is 0 Å². The molecular formula is C23H31N3O4S2. The molecule has 2 aromatic rings. The standard InChI is InChI=1S/C23H31N3O4S2/c1-17-22(21(30-25-17)13-12-20-11-7-15-31-20)32(28,29)26-14-6-8-18(16-26)23(27)24-19-9-4-2-3-5-10-19/h7,11-13,15,18-19H,2-6,8-10,14,16H2,1H3,(H,24,27)/b13-12+. The average Bonchev–Trinajstić information content (AvgIpc) is 3.36. The van der Waals surface area contributed by atoms with E-state index in [-0.39, 0.29) is 35.1 Å². The highest BCUT2D eigenvalue weighted by Crippen LogP contribution is 2.30. The summed E-state index contributed by atoms with van der Waals surface area (Å²) in [5, 5.41) is 9.06. The van der Waals surface area contributed by atoms with Crippen LogP contribution in [0.4, 0.5) is 0 Å². The molecule has 1 aliphatic carbocycles. The lowest BCUT2D eigenvalue weighted by Crippen LogP contribution is -2.47. The Kier molecular flexibility index (Phi) is 7.48. The summed E-state index contributed by atoms with van der Waals surface area (Å²) in [5.41, 5.74) is 0.334. The van der Waals surface area contributed by atoms with Crippen molar-refractivity contribution in [3.05, 3.63) is 33.8 Å². The van der Waals surface area contributed by atoms with E-state index in [1.165, 1.54) is 17.1 Å². The number of hydrogen-bond donors (Lipinski definition) is 1. The van der Waals surface area contributed by atoms with E-state index in [1.807, 2.05) is 23.6 Å². The maximum Gasteiger partial charge on any atom is 0.248 e. The van der Waals surface area contributed by atoms with E-state index in [0.29, 0.717) is 25.1 Å². The van der Waals surface area contributed by atoms with Crippen LogP contribution in [0.1, 0.15) is 67.7 Å². The SMILES string of the molecule is Cc1noc(/C=C/c2cccs2)c1S(=O)(=O)N1CCCC(C(=O)NC2CCCCCC2)C1. The minimum Gasteiger partial charge on any atom is -0.355 e. The Morgan fingerprint density at radius 2 is 1.97 bits per heavy atom. The fraction of sp³-hybridized carbons (Fsp3) is 0.565. The van der Waals surface area contributed by atoms with Crippen LogP contribution >= 0.6 is 11.3 Å². The quantitative estimate of drug-likeness (QED) is 0.621. The van der Waals surface area contributed by atoms with Gasteiger partial charge in [-0.25, -0.2) is 8.42 Å². The van der Waals surface area contributed by atoms with Crippen molar-refractivity contribution in [1.29, 1.82) is 0 Å². The van der Waals surface area contributed by atoms with Crippen LogP contribution in [-0.2, 0) is 14.8 Å². The molecule has 4 rings (SSSR count). The molecule has 2 aromatic heterocycles. The van der Waals surface area contributed by atoms with Gasteiger partial charge >= 0.3 is 0 Å². The van der Waals surface area contributed by atoms with Gasteiger partial charge in [-0.1, -0.05) is 36.9 Å². The van der Waals surface area contributed by atoms with Gasteiger partial charge in [0.15, 0.2) is 10.7 Å². The van der Waals surface area contributed by atoms with Crippen LogP contribution in [0.15, 0.2) is 26.9 Å². The number of sulfonamides is 1. The summed E-state index contributed by atoms with van der Waals surface area (Å²) in [5.74, 6) is -0.121. The van der Waals surface area contributed by atoms with Gasteiger partial charge in [0.05, 0.1) is 5.92 Å². The zero-order valence-corrected chi connectivity index (χ0v) is 20.1. The zero-order valence-electron chi connectivity index (χ0n) is 18.5. The first-order valence-corrected chi connectivity index (χ1v) is 13.8. The Bertz CT molecular complexity index is 1040. The monoisotopic (exact) mass is 477 g/mol. The van der Waals surface area contributed by atoms with Crippen molar-refractivity contribution in [2.75, 3.05) is 13.1 Å². The minimum atomic E-state index is -3.83. The topological polar surface area (TPSA) is 92.5 Å². The van der Waals surface area contributed by atoms with E-state index in [2.05, 4.69) is 10.5 Å². The molecule has 0 spiro atoms. The fourth-order valence-corrected chi connectivity index (χ4v) is 6.98. The van der Waals surface area contributed by atoms with Crippen molar-refractivity contribution in [3.8, 4) is 0 Å². The van der Waals surface area contributed by atoms with Crippen LogP contribution in [0.5, 0.6) is 0 Å². The number of amides is 1. The predicted octanol–water partition coefficient (Wildman–Crippen LogP) is 4.45. The van der Waals surface area contributed by atoms with Crippen LogP contribution in [0.25, 0.3) is 12.2 Å². The largest absolute Gasteiger partial charge is 0.355 e. The first kappa shape index (κ1) is 23.2. The summed E-state index contributed by atoms with van der Waals surface area (Å²) in [4.78, 5) is 14.0. The Morgan fingerprint density at radius 1 is 1.19 bits per heavy atom. The second-order valence-electron chi connectivity index (χ2n) is 8.71. The van der Waals surface area contributed by atoms with E-state index >= 15 is 0 Å². The molecule has 1 N–H and O–H groups in total. The second-order valence-corrected chi connectivity index (χ2v) is 11.6. The molecule has 2 aliphatic rings. The van der Waals surface area contributed by atoms with Gasteiger partial charge in [0.1, 0.15) is 5.69 Å². The third-order valence-electron chi connectivity index (χ3n) is 6.33. The van der Waals surface area contributed by atoms with Crippen LogP contribution in [0.2, 0.25) is 0 Å². The second kappa shape index (κ2) is 10.3. The van der Waals surface area contributed by atoms with Gasteiger partial charge < -0.3 is 9.84 Å². The normalized spacial score (nSPS) is 21.6. The molecule has 0 bridgehead atoms. The van der Waals surface area contributed by atoms with Gasteiger partial charge in [0.25, 0.3) is 0 Å². The Morgan fingerprint density at radius 3 is 2.69 bits per heavy atom. The molecule has 1 unspecified atom stereocenters. The van der Waals surface area contributed by atoms with Gasteiger partial charge in [-0.3, -0.25) is 4.79 Å². The molecule has 3 heterocycles. The number of carbonyl (C=O) groups is 1. The van der Waals surface area contributed by atoms with Crippen molar-refractivity contribution in [2.24, 2.45) is 5.92 Å². The van der Waals surface area contributed by atoms with E-state index < -0.39 is 10.0 Å². The van der Waals surface area contributed by atoms with E-state index in [0.717, 1.165) is 30.6 Å². The van der Waals surface area contributed by atoms with E-state index in [1.54, 1.807) is 24.3 Å². The third kappa shape index (κ3) is 5.32. The van der Waals surface area contributed by atoms with Gasteiger partial charge in [-0.05, 0) is 56.2 Å². The Balaban J connectivity index is 1.48. The number of piperidine rings is 1. The zero-order chi connectivity index (χ0) is 22.6. The first-order valence-electron chi connectivity index (χ1n) is 11.4. The van der Waals surface area contributed by atoms with Crippen molar-refractivity contribution >= 4 is 39.4 Å². The Labute approximate surface area is 193 Å². The van der Waals surface area contributed by atoms with Crippen molar-refractivity contribution in [2.45, 2.75) is 69.2 Å². The number of aryl methyl sites for hydroxylation is 1.